The van der Waals surface area contributed by atoms with Crippen LogP contribution in [0.15, 0.2) is 29.2 Å². The van der Waals surface area contributed by atoms with Crippen LogP contribution in [0.25, 0.3) is 0 Å². The van der Waals surface area contributed by atoms with Gasteiger partial charge in [-0.25, -0.2) is 0 Å². The third kappa shape index (κ3) is 2.97. The fourth-order valence-electron chi connectivity index (χ4n) is 1.37. The molecule has 0 bridgehead atoms. The van der Waals surface area contributed by atoms with Gasteiger partial charge in [-0.2, -0.15) is 0 Å². The summed E-state index contributed by atoms with van der Waals surface area (Å²) in [6.07, 6.45) is 0. The van der Waals surface area contributed by atoms with E-state index in [-0.39, 0.29) is 5.41 Å². The summed E-state index contributed by atoms with van der Waals surface area (Å²) in [5.41, 5.74) is 1.51. The fourth-order valence-corrected chi connectivity index (χ4v) is 2.09. The van der Waals surface area contributed by atoms with Gasteiger partial charge in [0, 0.05) is 22.4 Å². The minimum Gasteiger partial charge on any atom is -0.380 e. The van der Waals surface area contributed by atoms with Crippen molar-refractivity contribution in [2.45, 2.75) is 18.7 Å². The molecule has 1 aromatic carbocycles. The maximum Gasteiger partial charge on any atom is 0.0716 e. The normalized spacial score (nSPS) is 18.5. The lowest BCUT2D eigenvalue weighted by Gasteiger charge is -2.37. The fraction of sp³-hybridized carbons (Fsp3) is 0.500. The number of benzene rings is 1. The van der Waals surface area contributed by atoms with Crippen LogP contribution in [0.1, 0.15) is 12.5 Å². The standard InChI is InChI=1S/C12H16O2S/c1-10-3-5-11(6-4-10)15-14-9-12(2)7-13-8-12/h3-6H,7-9H2,1-2H3. The number of ether oxygens (including phenoxy) is 1. The molecule has 1 aromatic rings. The molecule has 1 fully saturated rings. The summed E-state index contributed by atoms with van der Waals surface area (Å²) in [7, 11) is 0. The van der Waals surface area contributed by atoms with E-state index in [4.69, 9.17) is 8.92 Å². The van der Waals surface area contributed by atoms with Gasteiger partial charge in [0.1, 0.15) is 0 Å². The van der Waals surface area contributed by atoms with Crippen molar-refractivity contribution in [2.24, 2.45) is 5.41 Å². The van der Waals surface area contributed by atoms with E-state index in [1.54, 1.807) is 0 Å². The second kappa shape index (κ2) is 4.56. The first-order valence-corrected chi connectivity index (χ1v) is 5.86. The maximum absolute atomic E-state index is 5.60. The van der Waals surface area contributed by atoms with Crippen molar-refractivity contribution in [3.05, 3.63) is 29.8 Å². The first kappa shape index (κ1) is 11.0. The van der Waals surface area contributed by atoms with E-state index in [0.717, 1.165) is 24.7 Å². The van der Waals surface area contributed by atoms with Gasteiger partial charge in [-0.05, 0) is 19.1 Å². The van der Waals surface area contributed by atoms with E-state index in [2.05, 4.69) is 38.1 Å². The van der Waals surface area contributed by atoms with E-state index >= 15 is 0 Å². The highest BCUT2D eigenvalue weighted by Crippen LogP contribution is 2.30. The molecule has 0 aliphatic carbocycles. The van der Waals surface area contributed by atoms with Gasteiger partial charge in [0.2, 0.25) is 0 Å². The molecular formula is C12H16O2S. The Morgan fingerprint density at radius 2 is 2.00 bits per heavy atom. The van der Waals surface area contributed by atoms with Crippen LogP contribution in [-0.4, -0.2) is 19.8 Å². The van der Waals surface area contributed by atoms with Crippen molar-refractivity contribution in [3.63, 3.8) is 0 Å². The quantitative estimate of drug-likeness (QED) is 0.732. The highest BCUT2D eigenvalue weighted by atomic mass is 32.2. The third-order valence-corrected chi connectivity index (χ3v) is 3.18. The number of hydrogen-bond donors (Lipinski definition) is 0. The molecule has 1 heterocycles. The largest absolute Gasteiger partial charge is 0.380 e. The predicted octanol–water partition coefficient (Wildman–Crippen LogP) is 3.06. The average molecular weight is 224 g/mol. The zero-order chi connectivity index (χ0) is 10.7. The van der Waals surface area contributed by atoms with E-state index in [1.807, 2.05) is 0 Å². The van der Waals surface area contributed by atoms with Gasteiger partial charge in [0.25, 0.3) is 0 Å². The van der Waals surface area contributed by atoms with E-state index in [1.165, 1.54) is 17.6 Å². The highest BCUT2D eigenvalue weighted by Gasteiger charge is 2.33. The molecule has 82 valence electrons. The molecule has 0 saturated carbocycles. The molecule has 0 amide bonds. The van der Waals surface area contributed by atoms with E-state index in [9.17, 15) is 0 Å². The minimum absolute atomic E-state index is 0.234. The van der Waals surface area contributed by atoms with Gasteiger partial charge >= 0.3 is 0 Å². The Balaban J connectivity index is 1.76. The maximum atomic E-state index is 5.60. The number of hydrogen-bond acceptors (Lipinski definition) is 3. The molecule has 0 atom stereocenters. The summed E-state index contributed by atoms with van der Waals surface area (Å²) in [4.78, 5) is 1.16. The van der Waals surface area contributed by atoms with Crippen LogP contribution in [-0.2, 0) is 8.92 Å². The van der Waals surface area contributed by atoms with Crippen LogP contribution >= 0.6 is 12.0 Å². The van der Waals surface area contributed by atoms with Crippen LogP contribution < -0.4 is 0 Å². The van der Waals surface area contributed by atoms with Crippen molar-refractivity contribution in [3.8, 4) is 0 Å². The van der Waals surface area contributed by atoms with Crippen molar-refractivity contribution >= 4 is 12.0 Å². The summed E-state index contributed by atoms with van der Waals surface area (Å²) in [6.45, 7) is 6.67. The van der Waals surface area contributed by atoms with Crippen LogP contribution in [0.3, 0.4) is 0 Å². The molecule has 1 aliphatic heterocycles. The molecule has 0 radical (unpaired) electrons. The zero-order valence-corrected chi connectivity index (χ0v) is 9.97. The van der Waals surface area contributed by atoms with Gasteiger partial charge in [0.05, 0.1) is 19.8 Å². The molecule has 0 aromatic heterocycles. The summed E-state index contributed by atoms with van der Waals surface area (Å²) in [5.74, 6) is 0. The Bertz CT molecular complexity index is 317. The first-order chi connectivity index (χ1) is 7.18. The Hall–Kier alpha value is -0.510. The lowest BCUT2D eigenvalue weighted by Crippen LogP contribution is -2.43. The van der Waals surface area contributed by atoms with Crippen LogP contribution in [0, 0.1) is 12.3 Å². The number of aryl methyl sites for hydroxylation is 1. The zero-order valence-electron chi connectivity index (χ0n) is 9.16. The third-order valence-electron chi connectivity index (χ3n) is 2.48. The molecular weight excluding hydrogens is 208 g/mol. The lowest BCUT2D eigenvalue weighted by atomic mass is 9.90. The highest BCUT2D eigenvalue weighted by molar-refractivity contribution is 7.94. The Labute approximate surface area is 95.2 Å². The Morgan fingerprint density at radius 3 is 2.53 bits per heavy atom. The van der Waals surface area contributed by atoms with Crippen LogP contribution in [0.4, 0.5) is 0 Å². The molecule has 0 N–H and O–H groups in total. The molecule has 3 heteroatoms. The van der Waals surface area contributed by atoms with Gasteiger partial charge in [-0.3, -0.25) is 0 Å². The topological polar surface area (TPSA) is 18.5 Å². The van der Waals surface area contributed by atoms with Gasteiger partial charge < -0.3 is 8.92 Å². The molecule has 0 spiro atoms. The monoisotopic (exact) mass is 224 g/mol. The summed E-state index contributed by atoms with van der Waals surface area (Å²) in [5, 5.41) is 0. The van der Waals surface area contributed by atoms with Gasteiger partial charge in [-0.1, -0.05) is 24.6 Å². The van der Waals surface area contributed by atoms with Crippen LogP contribution in [0.2, 0.25) is 0 Å². The summed E-state index contributed by atoms with van der Waals surface area (Å²) in [6, 6.07) is 8.36. The SMILES string of the molecule is Cc1ccc(SOCC2(C)COC2)cc1. The van der Waals surface area contributed by atoms with Crippen LogP contribution in [0.5, 0.6) is 0 Å². The van der Waals surface area contributed by atoms with Gasteiger partial charge in [-0.15, -0.1) is 0 Å². The molecule has 2 nitrogen and oxygen atoms in total. The van der Waals surface area contributed by atoms with Gasteiger partial charge in [0.15, 0.2) is 0 Å². The Morgan fingerprint density at radius 1 is 1.33 bits per heavy atom. The molecule has 1 aliphatic rings. The Kier molecular flexibility index (Phi) is 3.34. The second-order valence-electron chi connectivity index (χ2n) is 4.46. The van der Waals surface area contributed by atoms with Crippen molar-refractivity contribution in [1.29, 1.82) is 0 Å². The molecule has 1 saturated heterocycles. The lowest BCUT2D eigenvalue weighted by molar-refractivity contribution is -0.117. The summed E-state index contributed by atoms with van der Waals surface area (Å²) >= 11 is 1.45. The molecule has 2 rings (SSSR count). The smallest absolute Gasteiger partial charge is 0.0716 e. The second-order valence-corrected chi connectivity index (χ2v) is 5.34. The summed E-state index contributed by atoms with van der Waals surface area (Å²) < 4.78 is 10.8. The van der Waals surface area contributed by atoms with Crippen molar-refractivity contribution in [1.82, 2.24) is 0 Å². The average Bonchev–Trinajstić information content (AvgIpc) is 2.19. The predicted molar refractivity (Wildman–Crippen MR) is 61.9 cm³/mol. The first-order valence-electron chi connectivity index (χ1n) is 5.12. The number of rotatable bonds is 4. The van der Waals surface area contributed by atoms with Crippen molar-refractivity contribution < 1.29 is 8.92 Å². The molecule has 0 unspecified atom stereocenters. The minimum atomic E-state index is 0.234. The molecule has 15 heavy (non-hydrogen) atoms. The van der Waals surface area contributed by atoms with Crippen molar-refractivity contribution in [2.75, 3.05) is 19.8 Å². The van der Waals surface area contributed by atoms with E-state index < -0.39 is 0 Å². The van der Waals surface area contributed by atoms with E-state index in [0.29, 0.717) is 0 Å².